The van der Waals surface area contributed by atoms with E-state index < -0.39 is 12.0 Å². The number of carboxylic acid groups (broad SMARTS) is 1. The monoisotopic (exact) mass is 256 g/mol. The van der Waals surface area contributed by atoms with Crippen LogP contribution in [0.3, 0.4) is 0 Å². The number of carbonyl (C=O) groups excluding carboxylic acids is 1. The molecule has 0 radical (unpaired) electrons. The van der Waals surface area contributed by atoms with Crippen molar-refractivity contribution < 1.29 is 14.7 Å². The summed E-state index contributed by atoms with van der Waals surface area (Å²) in [6.45, 7) is 11.7. The number of carbonyl (C=O) groups is 2. The largest absolute Gasteiger partial charge is 0.481 e. The van der Waals surface area contributed by atoms with Crippen LogP contribution in [0.5, 0.6) is 0 Å². The Kier molecular flexibility index (Phi) is 5.88. The van der Waals surface area contributed by atoms with E-state index in [-0.39, 0.29) is 17.9 Å². The lowest BCUT2D eigenvalue weighted by molar-refractivity contribution is -0.138. The van der Waals surface area contributed by atoms with Crippen LogP contribution in [-0.2, 0) is 4.79 Å². The second-order valence-electron chi connectivity index (χ2n) is 5.78. The van der Waals surface area contributed by atoms with Crippen LogP contribution in [-0.4, -0.2) is 41.6 Å². The molecule has 2 amide bonds. The van der Waals surface area contributed by atoms with Crippen molar-refractivity contribution >= 4 is 12.0 Å². The van der Waals surface area contributed by atoms with E-state index in [0.717, 1.165) is 5.57 Å². The van der Waals surface area contributed by atoms with Crippen molar-refractivity contribution in [3.63, 3.8) is 0 Å². The number of carboxylic acids is 1. The van der Waals surface area contributed by atoms with Crippen molar-refractivity contribution in [2.75, 3.05) is 13.6 Å². The Morgan fingerprint density at radius 2 is 1.89 bits per heavy atom. The van der Waals surface area contributed by atoms with Gasteiger partial charge in [-0.05, 0) is 12.3 Å². The molecule has 5 heteroatoms. The first kappa shape index (κ1) is 16.5. The summed E-state index contributed by atoms with van der Waals surface area (Å²) in [6, 6.07) is -0.686. The summed E-state index contributed by atoms with van der Waals surface area (Å²) in [4.78, 5) is 24.2. The molecule has 0 spiro atoms. The minimum absolute atomic E-state index is 0.0872. The van der Waals surface area contributed by atoms with Gasteiger partial charge in [-0.2, -0.15) is 0 Å². The van der Waals surface area contributed by atoms with Gasteiger partial charge in [0.05, 0.1) is 6.42 Å². The lowest BCUT2D eigenvalue weighted by Crippen LogP contribution is -2.49. The fraction of sp³-hybridized carbons (Fsp3) is 0.692. The molecule has 0 heterocycles. The second-order valence-corrected chi connectivity index (χ2v) is 5.78. The predicted molar refractivity (Wildman–Crippen MR) is 71.5 cm³/mol. The van der Waals surface area contributed by atoms with Gasteiger partial charge in [-0.3, -0.25) is 4.79 Å². The molecule has 5 nitrogen and oxygen atoms in total. The van der Waals surface area contributed by atoms with Gasteiger partial charge in [0.1, 0.15) is 0 Å². The SMILES string of the molecule is C=C(C)CN(C)C(=O)NC(CC(=O)O)C(C)(C)C. The van der Waals surface area contributed by atoms with Gasteiger partial charge in [-0.15, -0.1) is 0 Å². The molecule has 18 heavy (non-hydrogen) atoms. The summed E-state index contributed by atoms with van der Waals surface area (Å²) in [5, 5.41) is 11.6. The van der Waals surface area contributed by atoms with E-state index in [1.54, 1.807) is 7.05 Å². The number of nitrogens with zero attached hydrogens (tertiary/aromatic N) is 1. The molecule has 0 saturated heterocycles. The zero-order valence-corrected chi connectivity index (χ0v) is 11.9. The molecule has 1 unspecified atom stereocenters. The summed E-state index contributed by atoms with van der Waals surface area (Å²) >= 11 is 0. The minimum Gasteiger partial charge on any atom is -0.481 e. The van der Waals surface area contributed by atoms with E-state index >= 15 is 0 Å². The van der Waals surface area contributed by atoms with Crippen LogP contribution < -0.4 is 5.32 Å². The number of nitrogens with one attached hydrogen (secondary N) is 1. The van der Waals surface area contributed by atoms with Gasteiger partial charge in [0.2, 0.25) is 0 Å². The number of amides is 2. The van der Waals surface area contributed by atoms with Crippen LogP contribution >= 0.6 is 0 Å². The molecule has 0 aliphatic rings. The Bertz CT molecular complexity index is 332. The van der Waals surface area contributed by atoms with E-state index in [2.05, 4.69) is 11.9 Å². The topological polar surface area (TPSA) is 69.6 Å². The predicted octanol–water partition coefficient (Wildman–Crippen LogP) is 2.09. The van der Waals surface area contributed by atoms with Crippen LogP contribution in [0.2, 0.25) is 0 Å². The number of likely N-dealkylation sites (N-methyl/N-ethyl adjacent to an activating group) is 1. The van der Waals surface area contributed by atoms with Crippen LogP contribution in [0.25, 0.3) is 0 Å². The van der Waals surface area contributed by atoms with Crippen molar-refractivity contribution in [1.29, 1.82) is 0 Å². The summed E-state index contributed by atoms with van der Waals surface area (Å²) in [5.74, 6) is -0.919. The van der Waals surface area contributed by atoms with E-state index in [1.165, 1.54) is 4.90 Å². The molecule has 104 valence electrons. The Balaban J connectivity index is 4.63. The quantitative estimate of drug-likeness (QED) is 0.740. The third kappa shape index (κ3) is 6.27. The Morgan fingerprint density at radius 3 is 2.22 bits per heavy atom. The van der Waals surface area contributed by atoms with Crippen molar-refractivity contribution in [1.82, 2.24) is 10.2 Å². The number of urea groups is 1. The normalized spacial score (nSPS) is 12.7. The minimum atomic E-state index is -0.919. The molecule has 2 N–H and O–H groups in total. The maximum Gasteiger partial charge on any atom is 0.317 e. The number of rotatable bonds is 5. The molecule has 0 aromatic rings. The first-order valence-corrected chi connectivity index (χ1v) is 5.92. The second kappa shape index (κ2) is 6.42. The smallest absolute Gasteiger partial charge is 0.317 e. The average molecular weight is 256 g/mol. The van der Waals surface area contributed by atoms with Gasteiger partial charge < -0.3 is 15.3 Å². The lowest BCUT2D eigenvalue weighted by Gasteiger charge is -2.32. The summed E-state index contributed by atoms with van der Waals surface area (Å²) < 4.78 is 0. The van der Waals surface area contributed by atoms with Gasteiger partial charge in [0.15, 0.2) is 0 Å². The average Bonchev–Trinajstić information content (AvgIpc) is 2.13. The third-order valence-electron chi connectivity index (χ3n) is 2.58. The van der Waals surface area contributed by atoms with Gasteiger partial charge >= 0.3 is 12.0 Å². The van der Waals surface area contributed by atoms with Crippen molar-refractivity contribution in [2.45, 2.75) is 40.2 Å². The Morgan fingerprint density at radius 1 is 1.39 bits per heavy atom. The van der Waals surface area contributed by atoms with E-state index in [9.17, 15) is 9.59 Å². The van der Waals surface area contributed by atoms with Crippen LogP contribution in [0.1, 0.15) is 34.1 Å². The third-order valence-corrected chi connectivity index (χ3v) is 2.58. The van der Waals surface area contributed by atoms with E-state index in [0.29, 0.717) is 6.54 Å². The van der Waals surface area contributed by atoms with Gasteiger partial charge in [0, 0.05) is 19.6 Å². The Labute approximate surface area is 109 Å². The molecule has 0 aliphatic heterocycles. The number of aliphatic carboxylic acids is 1. The summed E-state index contributed by atoms with van der Waals surface area (Å²) in [5.41, 5.74) is 0.566. The number of hydrogen-bond donors (Lipinski definition) is 2. The molecule has 0 saturated carbocycles. The van der Waals surface area contributed by atoms with Crippen molar-refractivity contribution in [2.24, 2.45) is 5.41 Å². The van der Waals surface area contributed by atoms with Crippen LogP contribution in [0.15, 0.2) is 12.2 Å². The van der Waals surface area contributed by atoms with Crippen molar-refractivity contribution in [3.05, 3.63) is 12.2 Å². The summed E-state index contributed by atoms with van der Waals surface area (Å²) in [7, 11) is 1.66. The van der Waals surface area contributed by atoms with Gasteiger partial charge in [0.25, 0.3) is 0 Å². The molecular formula is C13H24N2O3. The first-order chi connectivity index (χ1) is 8.04. The molecule has 0 fully saturated rings. The van der Waals surface area contributed by atoms with Gasteiger partial charge in [-0.25, -0.2) is 4.79 Å². The first-order valence-electron chi connectivity index (χ1n) is 5.92. The van der Waals surface area contributed by atoms with Crippen LogP contribution in [0.4, 0.5) is 4.79 Å². The molecule has 0 rings (SSSR count). The highest BCUT2D eigenvalue weighted by Gasteiger charge is 2.29. The maximum atomic E-state index is 11.9. The zero-order chi connectivity index (χ0) is 14.5. The van der Waals surface area contributed by atoms with Crippen molar-refractivity contribution in [3.8, 4) is 0 Å². The Hall–Kier alpha value is -1.52. The molecule has 0 bridgehead atoms. The van der Waals surface area contributed by atoms with E-state index in [1.807, 2.05) is 27.7 Å². The molecule has 0 aromatic carbocycles. The fourth-order valence-corrected chi connectivity index (χ4v) is 1.48. The van der Waals surface area contributed by atoms with Crippen LogP contribution in [0, 0.1) is 5.41 Å². The van der Waals surface area contributed by atoms with E-state index in [4.69, 9.17) is 5.11 Å². The fourth-order valence-electron chi connectivity index (χ4n) is 1.48. The molecule has 0 aliphatic carbocycles. The molecule has 0 aromatic heterocycles. The van der Waals surface area contributed by atoms with Gasteiger partial charge in [-0.1, -0.05) is 32.9 Å². The number of hydrogen-bond acceptors (Lipinski definition) is 2. The highest BCUT2D eigenvalue weighted by molar-refractivity contribution is 5.76. The highest BCUT2D eigenvalue weighted by Crippen LogP contribution is 2.22. The molecular weight excluding hydrogens is 232 g/mol. The summed E-state index contributed by atoms with van der Waals surface area (Å²) in [6.07, 6.45) is -0.0872. The maximum absolute atomic E-state index is 11.9. The lowest BCUT2D eigenvalue weighted by atomic mass is 9.85. The molecule has 1 atom stereocenters. The highest BCUT2D eigenvalue weighted by atomic mass is 16.4. The standard InChI is InChI=1S/C13H24N2O3/c1-9(2)8-15(6)12(18)14-10(7-11(16)17)13(3,4)5/h10H,1,7-8H2,2-6H3,(H,14,18)(H,16,17). The zero-order valence-electron chi connectivity index (χ0n) is 11.9.